The maximum Gasteiger partial charge on any atom is 0.323 e. The molecular weight excluding hydrogens is 534 g/mol. The first-order valence-electron chi connectivity index (χ1n) is 15.1. The number of nitrogens with zero attached hydrogens (tertiary/aromatic N) is 3. The summed E-state index contributed by atoms with van der Waals surface area (Å²) in [6, 6.07) is 17.3. The highest BCUT2D eigenvalue weighted by Crippen LogP contribution is 2.35. The Morgan fingerprint density at radius 2 is 1.63 bits per heavy atom. The quantitative estimate of drug-likeness (QED) is 0.200. The molecule has 4 aromatic rings. The van der Waals surface area contributed by atoms with E-state index < -0.39 is 6.03 Å². The number of hydrogen-bond donors (Lipinski definition) is 2. The Kier molecular flexibility index (Phi) is 10.4. The van der Waals surface area contributed by atoms with Crippen LogP contribution in [0.1, 0.15) is 76.0 Å². The maximum absolute atomic E-state index is 14.2. The van der Waals surface area contributed by atoms with Crippen LogP contribution in [-0.2, 0) is 6.54 Å². The van der Waals surface area contributed by atoms with E-state index in [4.69, 9.17) is 0 Å². The van der Waals surface area contributed by atoms with E-state index in [-0.39, 0.29) is 23.1 Å². The number of para-hydroxylation sites is 1. The van der Waals surface area contributed by atoms with Crippen LogP contribution in [0.25, 0.3) is 22.2 Å². The molecule has 0 unspecified atom stereocenters. The summed E-state index contributed by atoms with van der Waals surface area (Å²) in [5, 5.41) is 6.90. The fourth-order valence-corrected chi connectivity index (χ4v) is 5.23. The lowest BCUT2D eigenvalue weighted by Crippen LogP contribution is -2.30. The van der Waals surface area contributed by atoms with Gasteiger partial charge in [-0.1, -0.05) is 83.2 Å². The van der Waals surface area contributed by atoms with Crippen LogP contribution in [0.3, 0.4) is 0 Å². The van der Waals surface area contributed by atoms with Crippen LogP contribution in [0.4, 0.5) is 16.2 Å². The normalized spacial score (nSPS) is 11.2. The number of amides is 2. The molecule has 2 aromatic carbocycles. The van der Waals surface area contributed by atoms with Crippen molar-refractivity contribution in [2.24, 2.45) is 0 Å². The molecule has 43 heavy (non-hydrogen) atoms. The van der Waals surface area contributed by atoms with Gasteiger partial charge in [0.15, 0.2) is 0 Å². The van der Waals surface area contributed by atoms with E-state index in [1.54, 1.807) is 10.8 Å². The third-order valence-corrected chi connectivity index (χ3v) is 7.39. The smallest absolute Gasteiger partial charge is 0.307 e. The number of nitrogens with one attached hydrogen (secondary N) is 2. The molecule has 7 heteroatoms. The van der Waals surface area contributed by atoms with Crippen molar-refractivity contribution in [3.63, 3.8) is 0 Å². The molecule has 0 aliphatic rings. The summed E-state index contributed by atoms with van der Waals surface area (Å²) in [5.41, 5.74) is 5.67. The minimum Gasteiger partial charge on any atom is -0.307 e. The standard InChI is InChI=1S/C36H43N5O2/c1-8-9-22-41-34-30(19-12-20-37-34)31(27-16-10-14-26(23-27)15-13-21-40(6)7)33(35(41)42)39-36(43)38-32-28(24(2)3)17-11-18-29(32)25(4)5/h10-12,14,16-20,23-25H,8-9,21-22H2,1-7H3,(H2,38,39,43). The first kappa shape index (κ1) is 31.5. The number of urea groups is 1. The number of rotatable bonds is 9. The van der Waals surface area contributed by atoms with Gasteiger partial charge in [-0.15, -0.1) is 0 Å². The number of carbonyl (C=O) groups excluding carboxylic acids is 1. The summed E-state index contributed by atoms with van der Waals surface area (Å²) in [7, 11) is 3.95. The van der Waals surface area contributed by atoms with E-state index in [0.29, 0.717) is 24.3 Å². The molecule has 0 saturated heterocycles. The Labute approximate surface area is 255 Å². The molecule has 0 spiro atoms. The predicted molar refractivity (Wildman–Crippen MR) is 179 cm³/mol. The summed E-state index contributed by atoms with van der Waals surface area (Å²) in [6.07, 6.45) is 3.43. The number of aromatic nitrogens is 2. The molecule has 0 aliphatic heterocycles. The zero-order chi connectivity index (χ0) is 31.1. The number of unbranched alkanes of at least 4 members (excludes halogenated alkanes) is 1. The zero-order valence-electron chi connectivity index (χ0n) is 26.4. The van der Waals surface area contributed by atoms with Gasteiger partial charge in [0.05, 0.1) is 6.54 Å². The van der Waals surface area contributed by atoms with Gasteiger partial charge in [-0.05, 0) is 73.3 Å². The van der Waals surface area contributed by atoms with Crippen molar-refractivity contribution < 1.29 is 4.79 Å². The summed E-state index contributed by atoms with van der Waals surface area (Å²) >= 11 is 0. The van der Waals surface area contributed by atoms with Crippen LogP contribution >= 0.6 is 0 Å². The lowest BCUT2D eigenvalue weighted by Gasteiger charge is -2.21. The van der Waals surface area contributed by atoms with Crippen molar-refractivity contribution in [2.75, 3.05) is 31.3 Å². The molecule has 7 nitrogen and oxygen atoms in total. The number of carbonyl (C=O) groups is 1. The van der Waals surface area contributed by atoms with Crippen molar-refractivity contribution in [1.29, 1.82) is 0 Å². The highest BCUT2D eigenvalue weighted by molar-refractivity contribution is 6.07. The summed E-state index contributed by atoms with van der Waals surface area (Å²) < 4.78 is 1.68. The molecule has 2 amide bonds. The molecule has 0 bridgehead atoms. The molecule has 0 radical (unpaired) electrons. The number of pyridine rings is 2. The van der Waals surface area contributed by atoms with E-state index in [1.807, 2.05) is 73.6 Å². The van der Waals surface area contributed by atoms with Crippen LogP contribution in [0.15, 0.2) is 65.6 Å². The number of anilines is 2. The van der Waals surface area contributed by atoms with Crippen LogP contribution < -0.4 is 16.2 Å². The molecule has 2 N–H and O–H groups in total. The monoisotopic (exact) mass is 577 g/mol. The van der Waals surface area contributed by atoms with Gasteiger partial charge in [0.2, 0.25) is 0 Å². The van der Waals surface area contributed by atoms with Crippen molar-refractivity contribution >= 4 is 28.4 Å². The van der Waals surface area contributed by atoms with Crippen LogP contribution in [0, 0.1) is 11.8 Å². The van der Waals surface area contributed by atoms with Gasteiger partial charge in [0.25, 0.3) is 5.56 Å². The van der Waals surface area contributed by atoms with E-state index in [9.17, 15) is 9.59 Å². The lowest BCUT2D eigenvalue weighted by atomic mass is 9.93. The topological polar surface area (TPSA) is 79.3 Å². The summed E-state index contributed by atoms with van der Waals surface area (Å²) in [6.45, 7) is 11.7. The Morgan fingerprint density at radius 3 is 2.28 bits per heavy atom. The number of benzene rings is 2. The Bertz CT molecular complexity index is 1700. The Morgan fingerprint density at radius 1 is 0.953 bits per heavy atom. The third kappa shape index (κ3) is 7.33. The fraction of sp³-hybridized carbons (Fsp3) is 0.361. The second-order valence-corrected chi connectivity index (χ2v) is 11.8. The highest BCUT2D eigenvalue weighted by atomic mass is 16.2. The van der Waals surface area contributed by atoms with Gasteiger partial charge in [-0.25, -0.2) is 9.78 Å². The largest absolute Gasteiger partial charge is 0.323 e. The van der Waals surface area contributed by atoms with Gasteiger partial charge in [0.1, 0.15) is 11.3 Å². The second kappa shape index (κ2) is 14.2. The summed E-state index contributed by atoms with van der Waals surface area (Å²) in [4.78, 5) is 34.6. The van der Waals surface area contributed by atoms with Crippen molar-refractivity contribution in [3.05, 3.63) is 87.8 Å². The number of aryl methyl sites for hydroxylation is 1. The van der Waals surface area contributed by atoms with E-state index in [2.05, 4.69) is 62.1 Å². The molecule has 4 rings (SSSR count). The van der Waals surface area contributed by atoms with Crippen LogP contribution in [0.5, 0.6) is 0 Å². The number of hydrogen-bond acceptors (Lipinski definition) is 4. The van der Waals surface area contributed by atoms with Gasteiger partial charge < -0.3 is 10.6 Å². The first-order valence-corrected chi connectivity index (χ1v) is 15.1. The van der Waals surface area contributed by atoms with Crippen LogP contribution in [0.2, 0.25) is 0 Å². The third-order valence-electron chi connectivity index (χ3n) is 7.39. The minimum atomic E-state index is -0.458. The SMILES string of the molecule is CCCCn1c(=O)c(NC(=O)Nc2c(C(C)C)cccc2C(C)C)c(-c2cccc(C#CCN(C)C)c2)c2cccnc21. The average molecular weight is 578 g/mol. The Hall–Kier alpha value is -4.41. The molecular formula is C36H43N5O2. The fourth-order valence-electron chi connectivity index (χ4n) is 5.23. The molecule has 0 aliphatic carbocycles. The van der Waals surface area contributed by atoms with Gasteiger partial charge >= 0.3 is 6.03 Å². The minimum absolute atomic E-state index is 0.207. The molecule has 224 valence electrons. The molecule has 0 saturated carbocycles. The molecule has 0 fully saturated rings. The van der Waals surface area contributed by atoms with Crippen LogP contribution in [-0.4, -0.2) is 41.1 Å². The molecule has 2 aromatic heterocycles. The molecule has 0 atom stereocenters. The van der Waals surface area contributed by atoms with E-state index in [0.717, 1.165) is 46.2 Å². The summed E-state index contributed by atoms with van der Waals surface area (Å²) in [5.74, 6) is 6.82. The highest BCUT2D eigenvalue weighted by Gasteiger charge is 2.22. The zero-order valence-corrected chi connectivity index (χ0v) is 26.4. The maximum atomic E-state index is 14.2. The van der Waals surface area contributed by atoms with Gasteiger partial charge in [0, 0.05) is 34.9 Å². The predicted octanol–water partition coefficient (Wildman–Crippen LogP) is 7.67. The van der Waals surface area contributed by atoms with Crippen molar-refractivity contribution in [2.45, 2.75) is 65.8 Å². The average Bonchev–Trinajstić information content (AvgIpc) is 2.97. The van der Waals surface area contributed by atoms with Crippen molar-refractivity contribution in [3.8, 4) is 23.0 Å². The molecule has 2 heterocycles. The Balaban J connectivity index is 1.89. The number of fused-ring (bicyclic) bond motifs is 1. The second-order valence-electron chi connectivity index (χ2n) is 11.8. The van der Waals surface area contributed by atoms with Gasteiger partial charge in [-0.2, -0.15) is 0 Å². The van der Waals surface area contributed by atoms with Gasteiger partial charge in [-0.3, -0.25) is 14.3 Å². The van der Waals surface area contributed by atoms with E-state index >= 15 is 0 Å². The van der Waals surface area contributed by atoms with Crippen molar-refractivity contribution in [1.82, 2.24) is 14.5 Å². The first-order chi connectivity index (χ1) is 20.6. The van der Waals surface area contributed by atoms with E-state index in [1.165, 1.54) is 0 Å². The lowest BCUT2D eigenvalue weighted by molar-refractivity contribution is 0.262.